The van der Waals surface area contributed by atoms with Gasteiger partial charge in [-0.15, -0.1) is 0 Å². The van der Waals surface area contributed by atoms with E-state index in [4.69, 9.17) is 0 Å². The molecule has 94 valence electrons. The Morgan fingerprint density at radius 2 is 1.83 bits per heavy atom. The van der Waals surface area contributed by atoms with E-state index in [1.165, 1.54) is 11.1 Å². The van der Waals surface area contributed by atoms with Crippen molar-refractivity contribution >= 4 is 15.9 Å². The average molecular weight is 305 g/mol. The lowest BCUT2D eigenvalue weighted by atomic mass is 9.95. The normalized spacial score (nSPS) is 12.4. The first-order valence-corrected chi connectivity index (χ1v) is 6.86. The molecule has 1 unspecified atom stereocenters. The summed E-state index contributed by atoms with van der Waals surface area (Å²) < 4.78 is 1.05. The Labute approximate surface area is 117 Å². The molecule has 0 saturated heterocycles. The Morgan fingerprint density at radius 1 is 1.11 bits per heavy atom. The van der Waals surface area contributed by atoms with Crippen LogP contribution in [-0.4, -0.2) is 5.11 Å². The van der Waals surface area contributed by atoms with Gasteiger partial charge < -0.3 is 5.11 Å². The van der Waals surface area contributed by atoms with Gasteiger partial charge in [0.1, 0.15) is 0 Å². The Morgan fingerprint density at radius 3 is 2.56 bits per heavy atom. The average Bonchev–Trinajstić information content (AvgIpc) is 2.32. The monoisotopic (exact) mass is 304 g/mol. The van der Waals surface area contributed by atoms with Crippen molar-refractivity contribution in [1.29, 1.82) is 0 Å². The summed E-state index contributed by atoms with van der Waals surface area (Å²) in [5.41, 5.74) is 4.56. The van der Waals surface area contributed by atoms with E-state index in [9.17, 15) is 5.11 Å². The van der Waals surface area contributed by atoms with Gasteiger partial charge in [-0.05, 0) is 48.2 Å². The second kappa shape index (κ2) is 5.68. The highest BCUT2D eigenvalue weighted by Crippen LogP contribution is 2.24. The molecule has 0 fully saturated rings. The van der Waals surface area contributed by atoms with Crippen molar-refractivity contribution in [3.05, 3.63) is 69.2 Å². The third-order valence-electron chi connectivity index (χ3n) is 3.32. The van der Waals surface area contributed by atoms with E-state index in [0.717, 1.165) is 15.6 Å². The zero-order valence-corrected chi connectivity index (χ0v) is 12.2. The molecule has 18 heavy (non-hydrogen) atoms. The molecule has 0 saturated carbocycles. The first kappa shape index (κ1) is 13.3. The molecule has 2 aromatic carbocycles. The van der Waals surface area contributed by atoms with Crippen LogP contribution in [0.5, 0.6) is 0 Å². The first-order valence-electron chi connectivity index (χ1n) is 6.06. The van der Waals surface area contributed by atoms with Crippen molar-refractivity contribution in [2.45, 2.75) is 26.4 Å². The van der Waals surface area contributed by atoms with Gasteiger partial charge in [0.15, 0.2) is 0 Å². The summed E-state index contributed by atoms with van der Waals surface area (Å²) in [6.07, 6.45) is 0.197. The molecule has 0 aromatic heterocycles. The van der Waals surface area contributed by atoms with E-state index in [-0.39, 0.29) is 0 Å². The minimum atomic E-state index is -0.445. The van der Waals surface area contributed by atoms with Gasteiger partial charge in [-0.1, -0.05) is 46.3 Å². The van der Waals surface area contributed by atoms with Crippen LogP contribution >= 0.6 is 15.9 Å². The lowest BCUT2D eigenvalue weighted by Crippen LogP contribution is -2.04. The van der Waals surface area contributed by atoms with Gasteiger partial charge in [-0.25, -0.2) is 0 Å². The zero-order chi connectivity index (χ0) is 13.1. The Kier molecular flexibility index (Phi) is 4.20. The number of rotatable bonds is 3. The van der Waals surface area contributed by atoms with Crippen LogP contribution in [0, 0.1) is 13.8 Å². The van der Waals surface area contributed by atoms with E-state index in [1.807, 2.05) is 36.4 Å². The van der Waals surface area contributed by atoms with Crippen molar-refractivity contribution in [3.8, 4) is 0 Å². The van der Waals surface area contributed by atoms with Gasteiger partial charge in [0.05, 0.1) is 6.10 Å². The summed E-state index contributed by atoms with van der Waals surface area (Å²) in [4.78, 5) is 0. The van der Waals surface area contributed by atoms with E-state index < -0.39 is 6.10 Å². The molecule has 0 radical (unpaired) electrons. The zero-order valence-electron chi connectivity index (χ0n) is 10.7. The minimum Gasteiger partial charge on any atom is -0.388 e. The number of hydrogen-bond acceptors (Lipinski definition) is 1. The fraction of sp³-hybridized carbons (Fsp3) is 0.250. The van der Waals surface area contributed by atoms with Gasteiger partial charge in [0.25, 0.3) is 0 Å². The predicted molar refractivity (Wildman–Crippen MR) is 78.7 cm³/mol. The lowest BCUT2D eigenvalue weighted by Gasteiger charge is -2.15. The Balaban J connectivity index is 2.22. The van der Waals surface area contributed by atoms with E-state index in [1.54, 1.807) is 0 Å². The maximum atomic E-state index is 10.4. The number of halogens is 1. The van der Waals surface area contributed by atoms with Crippen molar-refractivity contribution in [3.63, 3.8) is 0 Å². The smallest absolute Gasteiger partial charge is 0.0833 e. The second-order valence-corrected chi connectivity index (χ2v) is 5.55. The molecular formula is C16H17BrO. The third kappa shape index (κ3) is 3.01. The SMILES string of the molecule is Cc1cccc(C(O)Cc2cccc(Br)c2)c1C. The van der Waals surface area contributed by atoms with Crippen LogP contribution in [0.4, 0.5) is 0 Å². The molecule has 2 aromatic rings. The first-order chi connectivity index (χ1) is 8.58. The Bertz CT molecular complexity index is 549. The van der Waals surface area contributed by atoms with E-state index >= 15 is 0 Å². The fourth-order valence-electron chi connectivity index (χ4n) is 2.13. The molecule has 0 heterocycles. The number of hydrogen-bond donors (Lipinski definition) is 1. The quantitative estimate of drug-likeness (QED) is 0.894. The number of aliphatic hydroxyl groups is 1. The van der Waals surface area contributed by atoms with Crippen LogP contribution in [0.2, 0.25) is 0 Å². The van der Waals surface area contributed by atoms with Crippen molar-refractivity contribution in [2.75, 3.05) is 0 Å². The molecule has 1 atom stereocenters. The molecule has 1 N–H and O–H groups in total. The van der Waals surface area contributed by atoms with Crippen molar-refractivity contribution in [2.24, 2.45) is 0 Å². The van der Waals surface area contributed by atoms with Crippen LogP contribution in [-0.2, 0) is 6.42 Å². The summed E-state index contributed by atoms with van der Waals surface area (Å²) in [5.74, 6) is 0. The molecule has 0 spiro atoms. The van der Waals surface area contributed by atoms with Crippen LogP contribution in [0.15, 0.2) is 46.9 Å². The molecule has 2 rings (SSSR count). The summed E-state index contributed by atoms with van der Waals surface area (Å²) in [6, 6.07) is 14.2. The van der Waals surface area contributed by atoms with Crippen LogP contribution < -0.4 is 0 Å². The maximum absolute atomic E-state index is 10.4. The highest BCUT2D eigenvalue weighted by molar-refractivity contribution is 9.10. The highest BCUT2D eigenvalue weighted by Gasteiger charge is 2.12. The molecule has 0 amide bonds. The summed E-state index contributed by atoms with van der Waals surface area (Å²) in [5, 5.41) is 10.4. The minimum absolute atomic E-state index is 0.445. The van der Waals surface area contributed by atoms with Crippen molar-refractivity contribution in [1.82, 2.24) is 0 Å². The second-order valence-electron chi connectivity index (χ2n) is 4.64. The number of benzene rings is 2. The van der Waals surface area contributed by atoms with Crippen LogP contribution in [0.25, 0.3) is 0 Å². The maximum Gasteiger partial charge on any atom is 0.0833 e. The molecule has 1 nitrogen and oxygen atoms in total. The molecule has 0 bridgehead atoms. The predicted octanol–water partition coefficient (Wildman–Crippen LogP) is 4.34. The molecular weight excluding hydrogens is 288 g/mol. The number of aryl methyl sites for hydroxylation is 1. The van der Waals surface area contributed by atoms with Crippen LogP contribution in [0.3, 0.4) is 0 Å². The van der Waals surface area contributed by atoms with Crippen molar-refractivity contribution < 1.29 is 5.11 Å². The number of aliphatic hydroxyl groups excluding tert-OH is 1. The van der Waals surface area contributed by atoms with Gasteiger partial charge in [0, 0.05) is 10.9 Å². The van der Waals surface area contributed by atoms with Gasteiger partial charge in [0.2, 0.25) is 0 Å². The Hall–Kier alpha value is -1.12. The summed E-state index contributed by atoms with van der Waals surface area (Å²) in [7, 11) is 0. The van der Waals surface area contributed by atoms with Gasteiger partial charge in [-0.2, -0.15) is 0 Å². The molecule has 0 aliphatic carbocycles. The third-order valence-corrected chi connectivity index (χ3v) is 3.82. The molecule has 0 aliphatic heterocycles. The summed E-state index contributed by atoms with van der Waals surface area (Å²) >= 11 is 3.45. The molecule has 0 aliphatic rings. The topological polar surface area (TPSA) is 20.2 Å². The summed E-state index contributed by atoms with van der Waals surface area (Å²) in [6.45, 7) is 4.14. The highest BCUT2D eigenvalue weighted by atomic mass is 79.9. The van der Waals surface area contributed by atoms with E-state index in [2.05, 4.69) is 35.8 Å². The van der Waals surface area contributed by atoms with Gasteiger partial charge in [-0.3, -0.25) is 0 Å². The largest absolute Gasteiger partial charge is 0.388 e. The molecule has 2 heteroatoms. The van der Waals surface area contributed by atoms with Gasteiger partial charge >= 0.3 is 0 Å². The standard InChI is InChI=1S/C16H17BrO/c1-11-5-3-8-15(12(11)2)16(18)10-13-6-4-7-14(17)9-13/h3-9,16,18H,10H2,1-2H3. The fourth-order valence-corrected chi connectivity index (χ4v) is 2.58. The van der Waals surface area contributed by atoms with Crippen LogP contribution in [0.1, 0.15) is 28.4 Å². The lowest BCUT2D eigenvalue weighted by molar-refractivity contribution is 0.177. The van der Waals surface area contributed by atoms with E-state index in [0.29, 0.717) is 6.42 Å².